The van der Waals surface area contributed by atoms with E-state index in [4.69, 9.17) is 9.47 Å². The molecule has 1 aromatic rings. The van der Waals surface area contributed by atoms with Gasteiger partial charge in [0.2, 0.25) is 0 Å². The van der Waals surface area contributed by atoms with E-state index in [2.05, 4.69) is 0 Å². The number of rotatable bonds is 5. The molecule has 0 aromatic heterocycles. The Balaban J connectivity index is 2.50. The second-order valence-corrected chi connectivity index (χ2v) is 5.64. The summed E-state index contributed by atoms with van der Waals surface area (Å²) in [6.45, 7) is 5.31. The molecule has 1 aliphatic rings. The second kappa shape index (κ2) is 8.09. The molecule has 136 valence electrons. The second-order valence-electron chi connectivity index (χ2n) is 5.64. The highest BCUT2D eigenvalue weighted by atomic mass is 19.2. The van der Waals surface area contributed by atoms with E-state index >= 15 is 0 Å². The van der Waals surface area contributed by atoms with Crippen molar-refractivity contribution in [3.05, 3.63) is 41.1 Å². The first-order valence-electron chi connectivity index (χ1n) is 8.21. The average Bonchev–Trinajstić information content (AvgIpc) is 2.57. The molecule has 1 unspecified atom stereocenters. The van der Waals surface area contributed by atoms with Gasteiger partial charge in [-0.3, -0.25) is 0 Å². The van der Waals surface area contributed by atoms with E-state index in [1.807, 2.05) is 6.92 Å². The molecular formula is C18H21F2NO4. The monoisotopic (exact) mass is 353 g/mol. The lowest BCUT2D eigenvalue weighted by atomic mass is 9.96. The molecule has 1 aliphatic heterocycles. The lowest BCUT2D eigenvalue weighted by molar-refractivity contribution is -0.146. The van der Waals surface area contributed by atoms with E-state index < -0.39 is 23.6 Å². The SMILES string of the molecule is CCOC(=O)C(=CN1c2ccc(F)c(F)c2CCC1C)C(=O)OCC. The van der Waals surface area contributed by atoms with E-state index in [1.165, 1.54) is 12.3 Å². The Bertz CT molecular complexity index is 683. The van der Waals surface area contributed by atoms with Crippen LogP contribution < -0.4 is 4.90 Å². The Kier molecular flexibility index (Phi) is 6.12. The van der Waals surface area contributed by atoms with Crippen LogP contribution in [0.1, 0.15) is 32.8 Å². The van der Waals surface area contributed by atoms with Crippen LogP contribution in [0.2, 0.25) is 0 Å². The molecule has 0 aliphatic carbocycles. The Labute approximate surface area is 145 Å². The lowest BCUT2D eigenvalue weighted by Gasteiger charge is -2.35. The number of ether oxygens (including phenoxy) is 2. The number of carbonyl (C=O) groups excluding carboxylic acids is 2. The van der Waals surface area contributed by atoms with Crippen molar-refractivity contribution in [3.63, 3.8) is 0 Å². The van der Waals surface area contributed by atoms with Crippen LogP contribution in [0.15, 0.2) is 23.9 Å². The number of fused-ring (bicyclic) bond motifs is 1. The first-order chi connectivity index (χ1) is 11.9. The van der Waals surface area contributed by atoms with E-state index in [-0.39, 0.29) is 30.4 Å². The van der Waals surface area contributed by atoms with Gasteiger partial charge in [0.15, 0.2) is 17.2 Å². The van der Waals surface area contributed by atoms with Gasteiger partial charge in [0, 0.05) is 23.5 Å². The van der Waals surface area contributed by atoms with Gasteiger partial charge in [-0.2, -0.15) is 0 Å². The fourth-order valence-electron chi connectivity index (χ4n) is 2.73. The minimum Gasteiger partial charge on any atom is -0.462 e. The van der Waals surface area contributed by atoms with Crippen molar-refractivity contribution in [1.82, 2.24) is 0 Å². The molecule has 1 atom stereocenters. The minimum atomic E-state index is -0.923. The van der Waals surface area contributed by atoms with Gasteiger partial charge >= 0.3 is 11.9 Å². The number of benzene rings is 1. The molecule has 0 fully saturated rings. The largest absolute Gasteiger partial charge is 0.462 e. The highest BCUT2D eigenvalue weighted by Crippen LogP contribution is 2.34. The molecule has 7 heteroatoms. The summed E-state index contributed by atoms with van der Waals surface area (Å²) in [5, 5.41) is 0. The van der Waals surface area contributed by atoms with Crippen molar-refractivity contribution in [2.24, 2.45) is 0 Å². The van der Waals surface area contributed by atoms with E-state index in [1.54, 1.807) is 18.7 Å². The number of hydrogen-bond acceptors (Lipinski definition) is 5. The number of carbonyl (C=O) groups is 2. The van der Waals surface area contributed by atoms with Crippen molar-refractivity contribution >= 4 is 17.6 Å². The van der Waals surface area contributed by atoms with Crippen LogP contribution in [0.3, 0.4) is 0 Å². The quantitative estimate of drug-likeness (QED) is 0.352. The predicted octanol–water partition coefficient (Wildman–Crippen LogP) is 3.12. The number of hydrogen-bond donors (Lipinski definition) is 0. The molecule has 2 rings (SSSR count). The maximum Gasteiger partial charge on any atom is 0.347 e. The molecule has 0 spiro atoms. The van der Waals surface area contributed by atoms with Crippen molar-refractivity contribution in [2.45, 2.75) is 39.7 Å². The molecule has 25 heavy (non-hydrogen) atoms. The summed E-state index contributed by atoms with van der Waals surface area (Å²) < 4.78 is 37.4. The van der Waals surface area contributed by atoms with Gasteiger partial charge in [0.05, 0.1) is 13.2 Å². The smallest absolute Gasteiger partial charge is 0.347 e. The zero-order chi connectivity index (χ0) is 18.6. The van der Waals surface area contributed by atoms with Crippen molar-refractivity contribution < 1.29 is 27.8 Å². The van der Waals surface area contributed by atoms with Gasteiger partial charge in [-0.15, -0.1) is 0 Å². The Morgan fingerprint density at radius 3 is 2.36 bits per heavy atom. The third-order valence-corrected chi connectivity index (χ3v) is 4.00. The molecule has 0 saturated heterocycles. The van der Waals surface area contributed by atoms with Crippen LogP contribution in [0, 0.1) is 11.6 Å². The Morgan fingerprint density at radius 2 is 1.80 bits per heavy atom. The Hall–Kier alpha value is -2.44. The van der Waals surface area contributed by atoms with Crippen LogP contribution >= 0.6 is 0 Å². The first kappa shape index (κ1) is 18.9. The summed E-state index contributed by atoms with van der Waals surface area (Å²) in [5.41, 5.74) is 0.360. The fourth-order valence-corrected chi connectivity index (χ4v) is 2.73. The van der Waals surface area contributed by atoms with Crippen LogP contribution in [0.25, 0.3) is 0 Å². The van der Waals surface area contributed by atoms with E-state index in [0.717, 1.165) is 6.07 Å². The topological polar surface area (TPSA) is 55.8 Å². The number of esters is 2. The molecule has 0 N–H and O–H groups in total. The summed E-state index contributed by atoms with van der Waals surface area (Å²) in [7, 11) is 0. The highest BCUT2D eigenvalue weighted by Gasteiger charge is 2.29. The van der Waals surface area contributed by atoms with E-state index in [0.29, 0.717) is 18.5 Å². The zero-order valence-electron chi connectivity index (χ0n) is 14.5. The summed E-state index contributed by atoms with van der Waals surface area (Å²) in [6.07, 6.45) is 2.22. The molecule has 0 amide bonds. The summed E-state index contributed by atoms with van der Waals surface area (Å²) in [5.74, 6) is -3.46. The van der Waals surface area contributed by atoms with Crippen LogP contribution in [-0.2, 0) is 25.5 Å². The molecule has 1 heterocycles. The maximum atomic E-state index is 14.1. The fraction of sp³-hybridized carbons (Fsp3) is 0.444. The van der Waals surface area contributed by atoms with Gasteiger partial charge in [-0.05, 0) is 45.7 Å². The van der Waals surface area contributed by atoms with Gasteiger partial charge in [-0.25, -0.2) is 18.4 Å². The van der Waals surface area contributed by atoms with Gasteiger partial charge in [0.1, 0.15) is 0 Å². The molecule has 0 radical (unpaired) electrons. The molecule has 1 aromatic carbocycles. The lowest BCUT2D eigenvalue weighted by Crippen LogP contribution is -2.35. The zero-order valence-corrected chi connectivity index (χ0v) is 14.5. The van der Waals surface area contributed by atoms with Crippen molar-refractivity contribution in [1.29, 1.82) is 0 Å². The van der Waals surface area contributed by atoms with E-state index in [9.17, 15) is 18.4 Å². The maximum absolute atomic E-state index is 14.1. The molecule has 0 bridgehead atoms. The number of halogens is 2. The normalized spacial score (nSPS) is 16.0. The van der Waals surface area contributed by atoms with Crippen LogP contribution in [-0.4, -0.2) is 31.2 Å². The van der Waals surface area contributed by atoms with Crippen LogP contribution in [0.5, 0.6) is 0 Å². The Morgan fingerprint density at radius 1 is 1.20 bits per heavy atom. The highest BCUT2D eigenvalue weighted by molar-refractivity contribution is 6.14. The van der Waals surface area contributed by atoms with Crippen LogP contribution in [0.4, 0.5) is 14.5 Å². The molecule has 5 nitrogen and oxygen atoms in total. The summed E-state index contributed by atoms with van der Waals surface area (Å²) >= 11 is 0. The first-order valence-corrected chi connectivity index (χ1v) is 8.21. The standard InChI is InChI=1S/C18H21F2NO4/c1-4-24-17(22)13(18(23)25-5-2)10-21-11(3)6-7-12-15(21)9-8-14(19)16(12)20/h8-11H,4-7H2,1-3H3. The minimum absolute atomic E-state index is 0.0988. The summed E-state index contributed by atoms with van der Waals surface area (Å²) in [6, 6.07) is 2.35. The average molecular weight is 353 g/mol. The molecule has 0 saturated carbocycles. The van der Waals surface area contributed by atoms with Gasteiger partial charge in [-0.1, -0.05) is 0 Å². The van der Waals surface area contributed by atoms with Gasteiger partial charge < -0.3 is 14.4 Å². The third kappa shape index (κ3) is 3.97. The summed E-state index contributed by atoms with van der Waals surface area (Å²) in [4.78, 5) is 25.8. The third-order valence-electron chi connectivity index (χ3n) is 4.00. The number of nitrogens with zero attached hydrogens (tertiary/aromatic N) is 1. The van der Waals surface area contributed by atoms with Gasteiger partial charge in [0.25, 0.3) is 0 Å². The van der Waals surface area contributed by atoms with Crippen molar-refractivity contribution in [3.8, 4) is 0 Å². The van der Waals surface area contributed by atoms with Crippen molar-refractivity contribution in [2.75, 3.05) is 18.1 Å². The number of anilines is 1. The molecular weight excluding hydrogens is 332 g/mol. The predicted molar refractivity (Wildman–Crippen MR) is 88.0 cm³/mol.